The molecule has 2 amide bonds. The van der Waals surface area contributed by atoms with Crippen molar-refractivity contribution < 1.29 is 9.59 Å². The summed E-state index contributed by atoms with van der Waals surface area (Å²) < 4.78 is 0. The van der Waals surface area contributed by atoms with E-state index in [0.29, 0.717) is 19.4 Å². The van der Waals surface area contributed by atoms with Crippen LogP contribution in [0.25, 0.3) is 0 Å². The molecule has 2 atom stereocenters. The number of carbonyl (C=O) groups is 2. The van der Waals surface area contributed by atoms with Crippen molar-refractivity contribution in [1.29, 1.82) is 0 Å². The van der Waals surface area contributed by atoms with Crippen molar-refractivity contribution in [3.63, 3.8) is 0 Å². The summed E-state index contributed by atoms with van der Waals surface area (Å²) in [5.74, 6) is 0.197. The SMILES string of the molecule is CCC1c2ccc(C)cc2CCN1C(=O)C1CCC(=O)N1Cc1ccccc1. The van der Waals surface area contributed by atoms with Crippen LogP contribution in [0.1, 0.15) is 54.5 Å². The Morgan fingerprint density at radius 3 is 2.64 bits per heavy atom. The standard InChI is InChI=1S/C24H28N2O2/c1-3-21-20-10-9-17(2)15-19(20)13-14-25(21)24(28)22-11-12-23(27)26(22)16-18-7-5-4-6-8-18/h4-10,15,21-22H,3,11-14,16H2,1-2H3. The van der Waals surface area contributed by atoms with Gasteiger partial charge in [0.2, 0.25) is 11.8 Å². The molecule has 2 unspecified atom stereocenters. The van der Waals surface area contributed by atoms with E-state index in [0.717, 1.165) is 24.9 Å². The van der Waals surface area contributed by atoms with Gasteiger partial charge in [0.05, 0.1) is 6.04 Å². The average Bonchev–Trinajstić information content (AvgIpc) is 3.07. The number of fused-ring (bicyclic) bond motifs is 1. The molecule has 0 spiro atoms. The maximum Gasteiger partial charge on any atom is 0.245 e. The molecule has 0 saturated carbocycles. The van der Waals surface area contributed by atoms with Crippen LogP contribution in [0.5, 0.6) is 0 Å². The Kier molecular flexibility index (Phi) is 5.21. The quantitative estimate of drug-likeness (QED) is 0.809. The summed E-state index contributed by atoms with van der Waals surface area (Å²) in [6.07, 6.45) is 2.86. The van der Waals surface area contributed by atoms with Crippen LogP contribution in [0.4, 0.5) is 0 Å². The molecule has 4 heteroatoms. The second kappa shape index (κ2) is 7.78. The Morgan fingerprint density at radius 2 is 1.89 bits per heavy atom. The summed E-state index contributed by atoms with van der Waals surface area (Å²) in [5.41, 5.74) is 4.97. The molecule has 146 valence electrons. The minimum Gasteiger partial charge on any atom is -0.334 e. The monoisotopic (exact) mass is 376 g/mol. The highest BCUT2D eigenvalue weighted by Gasteiger charge is 2.41. The molecule has 0 N–H and O–H groups in total. The van der Waals surface area contributed by atoms with Crippen LogP contribution in [-0.4, -0.2) is 34.2 Å². The lowest BCUT2D eigenvalue weighted by Gasteiger charge is -2.40. The van der Waals surface area contributed by atoms with Gasteiger partial charge in [0.25, 0.3) is 0 Å². The van der Waals surface area contributed by atoms with Crippen molar-refractivity contribution in [1.82, 2.24) is 9.80 Å². The van der Waals surface area contributed by atoms with E-state index in [9.17, 15) is 9.59 Å². The predicted molar refractivity (Wildman–Crippen MR) is 110 cm³/mol. The lowest BCUT2D eigenvalue weighted by molar-refractivity contribution is -0.144. The predicted octanol–water partition coefficient (Wildman–Crippen LogP) is 4.02. The van der Waals surface area contributed by atoms with Gasteiger partial charge in [0.15, 0.2) is 0 Å². The number of nitrogens with zero attached hydrogens (tertiary/aromatic N) is 2. The van der Waals surface area contributed by atoms with Crippen molar-refractivity contribution in [2.45, 2.75) is 58.2 Å². The zero-order valence-electron chi connectivity index (χ0n) is 16.7. The first-order valence-corrected chi connectivity index (χ1v) is 10.3. The third-order valence-corrected chi connectivity index (χ3v) is 6.13. The van der Waals surface area contributed by atoms with E-state index >= 15 is 0 Å². The highest BCUT2D eigenvalue weighted by molar-refractivity contribution is 5.91. The van der Waals surface area contributed by atoms with Crippen molar-refractivity contribution in [3.8, 4) is 0 Å². The molecule has 2 aromatic rings. The summed E-state index contributed by atoms with van der Waals surface area (Å²) in [7, 11) is 0. The lowest BCUT2D eigenvalue weighted by atomic mass is 9.89. The number of carbonyl (C=O) groups excluding carboxylic acids is 2. The summed E-state index contributed by atoms with van der Waals surface area (Å²) in [6, 6.07) is 16.3. The van der Waals surface area contributed by atoms with Gasteiger partial charge in [0, 0.05) is 19.5 Å². The van der Waals surface area contributed by atoms with Crippen LogP contribution in [-0.2, 0) is 22.6 Å². The lowest BCUT2D eigenvalue weighted by Crippen LogP contribution is -2.49. The molecule has 1 saturated heterocycles. The zero-order chi connectivity index (χ0) is 19.7. The summed E-state index contributed by atoms with van der Waals surface area (Å²) in [4.78, 5) is 29.9. The molecule has 1 fully saturated rings. The number of likely N-dealkylation sites (tertiary alicyclic amines) is 1. The van der Waals surface area contributed by atoms with Gasteiger partial charge in [-0.1, -0.05) is 61.0 Å². The van der Waals surface area contributed by atoms with E-state index in [2.05, 4.69) is 32.0 Å². The third kappa shape index (κ3) is 3.44. The normalized spacial score (nSPS) is 21.7. The summed E-state index contributed by atoms with van der Waals surface area (Å²) in [6.45, 7) is 5.50. The molecule has 28 heavy (non-hydrogen) atoms. The minimum atomic E-state index is -0.339. The molecule has 2 heterocycles. The van der Waals surface area contributed by atoms with E-state index in [1.165, 1.54) is 16.7 Å². The Hall–Kier alpha value is -2.62. The van der Waals surface area contributed by atoms with Gasteiger partial charge in [-0.3, -0.25) is 9.59 Å². The van der Waals surface area contributed by atoms with E-state index in [4.69, 9.17) is 0 Å². The van der Waals surface area contributed by atoms with Crippen molar-refractivity contribution in [2.24, 2.45) is 0 Å². The van der Waals surface area contributed by atoms with E-state index in [1.54, 1.807) is 4.90 Å². The molecule has 2 aliphatic rings. The zero-order valence-corrected chi connectivity index (χ0v) is 16.7. The maximum absolute atomic E-state index is 13.5. The molecule has 4 rings (SSSR count). The van der Waals surface area contributed by atoms with Crippen LogP contribution >= 0.6 is 0 Å². The largest absolute Gasteiger partial charge is 0.334 e. The maximum atomic E-state index is 13.5. The van der Waals surface area contributed by atoms with Gasteiger partial charge in [-0.05, 0) is 42.9 Å². The van der Waals surface area contributed by atoms with Crippen molar-refractivity contribution in [2.75, 3.05) is 6.54 Å². The minimum absolute atomic E-state index is 0.0864. The first-order chi connectivity index (χ1) is 13.6. The number of rotatable bonds is 4. The van der Waals surface area contributed by atoms with Crippen molar-refractivity contribution in [3.05, 3.63) is 70.8 Å². The molecule has 4 nitrogen and oxygen atoms in total. The van der Waals surface area contributed by atoms with Crippen LogP contribution in [0.2, 0.25) is 0 Å². The van der Waals surface area contributed by atoms with Gasteiger partial charge in [-0.25, -0.2) is 0 Å². The number of hydrogen-bond acceptors (Lipinski definition) is 2. The summed E-state index contributed by atoms with van der Waals surface area (Å²) >= 11 is 0. The van der Waals surface area contributed by atoms with Gasteiger partial charge in [-0.2, -0.15) is 0 Å². The van der Waals surface area contributed by atoms with Gasteiger partial charge in [-0.15, -0.1) is 0 Å². The Labute approximate surface area is 167 Å². The smallest absolute Gasteiger partial charge is 0.245 e. The fraction of sp³-hybridized carbons (Fsp3) is 0.417. The number of aryl methyl sites for hydroxylation is 1. The van der Waals surface area contributed by atoms with Crippen LogP contribution in [0.15, 0.2) is 48.5 Å². The van der Waals surface area contributed by atoms with Crippen LogP contribution in [0, 0.1) is 6.92 Å². The number of benzene rings is 2. The van der Waals surface area contributed by atoms with E-state index in [1.807, 2.05) is 35.2 Å². The Balaban J connectivity index is 1.57. The molecule has 2 aromatic carbocycles. The number of amides is 2. The molecular formula is C24H28N2O2. The highest BCUT2D eigenvalue weighted by Crippen LogP contribution is 2.35. The molecule has 2 aliphatic heterocycles. The second-order valence-electron chi connectivity index (χ2n) is 7.97. The first kappa shape index (κ1) is 18.7. The number of hydrogen-bond donors (Lipinski definition) is 0. The highest BCUT2D eigenvalue weighted by atomic mass is 16.2. The average molecular weight is 376 g/mol. The third-order valence-electron chi connectivity index (χ3n) is 6.13. The first-order valence-electron chi connectivity index (χ1n) is 10.3. The topological polar surface area (TPSA) is 40.6 Å². The molecule has 0 aliphatic carbocycles. The molecule has 0 bridgehead atoms. The Morgan fingerprint density at radius 1 is 1.11 bits per heavy atom. The molecule has 0 aromatic heterocycles. The van der Waals surface area contributed by atoms with E-state index in [-0.39, 0.29) is 23.9 Å². The molecular weight excluding hydrogens is 348 g/mol. The van der Waals surface area contributed by atoms with E-state index < -0.39 is 0 Å². The van der Waals surface area contributed by atoms with Crippen LogP contribution < -0.4 is 0 Å². The van der Waals surface area contributed by atoms with Gasteiger partial charge in [0.1, 0.15) is 6.04 Å². The van der Waals surface area contributed by atoms with Gasteiger partial charge >= 0.3 is 0 Å². The van der Waals surface area contributed by atoms with Crippen LogP contribution in [0.3, 0.4) is 0 Å². The second-order valence-corrected chi connectivity index (χ2v) is 7.97. The van der Waals surface area contributed by atoms with Crippen molar-refractivity contribution >= 4 is 11.8 Å². The fourth-order valence-electron chi connectivity index (χ4n) is 4.70. The van der Waals surface area contributed by atoms with Gasteiger partial charge < -0.3 is 9.80 Å². The summed E-state index contributed by atoms with van der Waals surface area (Å²) in [5, 5.41) is 0. The molecule has 0 radical (unpaired) electrons. The Bertz CT molecular complexity index is 877. The fourth-order valence-corrected chi connectivity index (χ4v) is 4.70.